The third-order valence-corrected chi connectivity index (χ3v) is 6.72. The summed E-state index contributed by atoms with van der Waals surface area (Å²) in [7, 11) is 1.55. The van der Waals surface area contributed by atoms with Gasteiger partial charge < -0.3 is 14.0 Å². The molecule has 0 aliphatic carbocycles. The van der Waals surface area contributed by atoms with Crippen LogP contribution in [-0.4, -0.2) is 27.4 Å². The van der Waals surface area contributed by atoms with E-state index in [9.17, 15) is 14.0 Å². The Labute approximate surface area is 230 Å². The van der Waals surface area contributed by atoms with Crippen LogP contribution in [0.15, 0.2) is 83.9 Å². The average molecular weight is 538 g/mol. The van der Waals surface area contributed by atoms with Gasteiger partial charge in [-0.15, -0.1) is 0 Å². The van der Waals surface area contributed by atoms with Gasteiger partial charge in [0.2, 0.25) is 5.88 Å². The minimum Gasteiger partial charge on any atom is -0.481 e. The fourth-order valence-corrected chi connectivity index (χ4v) is 4.68. The van der Waals surface area contributed by atoms with Crippen LogP contribution >= 0.6 is 0 Å². The second-order valence-electron chi connectivity index (χ2n) is 9.72. The molecule has 202 valence electrons. The molecule has 0 aliphatic heterocycles. The highest BCUT2D eigenvalue weighted by molar-refractivity contribution is 5.98. The number of benzene rings is 2. The third-order valence-electron chi connectivity index (χ3n) is 6.72. The molecule has 0 radical (unpaired) electrons. The zero-order valence-electron chi connectivity index (χ0n) is 22.6. The first-order chi connectivity index (χ1) is 19.2. The van der Waals surface area contributed by atoms with E-state index in [2.05, 4.69) is 9.97 Å². The first-order valence-corrected chi connectivity index (χ1v) is 12.9. The second-order valence-corrected chi connectivity index (χ2v) is 9.72. The van der Waals surface area contributed by atoms with Crippen LogP contribution in [0, 0.1) is 12.7 Å². The van der Waals surface area contributed by atoms with Crippen molar-refractivity contribution in [3.63, 3.8) is 0 Å². The van der Waals surface area contributed by atoms with Gasteiger partial charge in [-0.2, -0.15) is 0 Å². The van der Waals surface area contributed by atoms with E-state index in [1.54, 1.807) is 68.0 Å². The molecular weight excluding hydrogens is 509 g/mol. The molecule has 5 rings (SSSR count). The van der Waals surface area contributed by atoms with Crippen molar-refractivity contribution < 1.29 is 18.7 Å². The zero-order chi connectivity index (χ0) is 28.4. The van der Waals surface area contributed by atoms with Gasteiger partial charge in [-0.3, -0.25) is 14.6 Å². The van der Waals surface area contributed by atoms with Gasteiger partial charge in [0, 0.05) is 48.2 Å². The fourth-order valence-electron chi connectivity index (χ4n) is 4.68. The predicted octanol–water partition coefficient (Wildman–Crippen LogP) is 6.71. The highest BCUT2D eigenvalue weighted by Gasteiger charge is 2.20. The molecule has 40 heavy (non-hydrogen) atoms. The van der Waals surface area contributed by atoms with E-state index in [1.165, 1.54) is 12.1 Å². The van der Waals surface area contributed by atoms with Crippen molar-refractivity contribution in [3.05, 3.63) is 112 Å². The minimum absolute atomic E-state index is 0.0153. The number of hydrogen-bond donors (Lipinski definition) is 0. The average Bonchev–Trinajstić information content (AvgIpc) is 2.95. The SMILES string of the molecule is COc1ccc2nccc(Oc3ccc(CC(=O)c4cn(C(C)C)c(C)c(-c5ccc(F)cc5)c4=O)cc3)c2n1. The van der Waals surface area contributed by atoms with E-state index in [-0.39, 0.29) is 29.2 Å². The number of ketones is 1. The second kappa shape index (κ2) is 11.1. The molecule has 0 bridgehead atoms. The molecule has 5 aromatic rings. The Hall–Kier alpha value is -4.85. The lowest BCUT2D eigenvalue weighted by atomic mass is 9.97. The zero-order valence-corrected chi connectivity index (χ0v) is 22.6. The van der Waals surface area contributed by atoms with E-state index >= 15 is 0 Å². The maximum Gasteiger partial charge on any atom is 0.213 e. The molecule has 0 N–H and O–H groups in total. The maximum atomic E-state index is 13.6. The molecule has 2 aromatic carbocycles. The van der Waals surface area contributed by atoms with Crippen LogP contribution in [-0.2, 0) is 6.42 Å². The molecule has 8 heteroatoms. The van der Waals surface area contributed by atoms with Crippen LogP contribution in [0.3, 0.4) is 0 Å². The molecule has 0 saturated carbocycles. The van der Waals surface area contributed by atoms with E-state index in [4.69, 9.17) is 9.47 Å². The molecule has 0 unspecified atom stereocenters. The van der Waals surface area contributed by atoms with Crippen LogP contribution in [0.4, 0.5) is 4.39 Å². The summed E-state index contributed by atoms with van der Waals surface area (Å²) < 4.78 is 26.7. The number of nitrogens with zero attached hydrogens (tertiary/aromatic N) is 3. The number of aromatic nitrogens is 3. The van der Waals surface area contributed by atoms with E-state index < -0.39 is 5.82 Å². The number of Topliss-reactive ketones (excluding diaryl/α,β-unsaturated/α-hetero) is 1. The van der Waals surface area contributed by atoms with Crippen molar-refractivity contribution in [3.8, 4) is 28.5 Å². The van der Waals surface area contributed by atoms with E-state index in [1.807, 2.05) is 31.4 Å². The molecule has 0 amide bonds. The lowest BCUT2D eigenvalue weighted by Crippen LogP contribution is -2.24. The summed E-state index contributed by atoms with van der Waals surface area (Å²) >= 11 is 0. The summed E-state index contributed by atoms with van der Waals surface area (Å²) in [5, 5.41) is 0. The number of hydrogen-bond acceptors (Lipinski definition) is 6. The number of halogens is 1. The summed E-state index contributed by atoms with van der Waals surface area (Å²) in [4.78, 5) is 35.7. The Balaban J connectivity index is 1.41. The summed E-state index contributed by atoms with van der Waals surface area (Å²) in [6, 6.07) is 18.1. The molecule has 3 aromatic heterocycles. The highest BCUT2D eigenvalue weighted by atomic mass is 19.1. The van der Waals surface area contributed by atoms with Gasteiger partial charge in [-0.1, -0.05) is 24.3 Å². The van der Waals surface area contributed by atoms with Crippen molar-refractivity contribution in [2.24, 2.45) is 0 Å². The minimum atomic E-state index is -0.390. The Morgan fingerprint density at radius 2 is 1.73 bits per heavy atom. The highest BCUT2D eigenvalue weighted by Crippen LogP contribution is 2.29. The lowest BCUT2D eigenvalue weighted by Gasteiger charge is -2.20. The first kappa shape index (κ1) is 26.7. The van der Waals surface area contributed by atoms with E-state index in [0.717, 1.165) is 11.3 Å². The van der Waals surface area contributed by atoms with Crippen molar-refractivity contribution in [2.45, 2.75) is 33.2 Å². The van der Waals surface area contributed by atoms with Gasteiger partial charge in [-0.25, -0.2) is 9.37 Å². The molecule has 7 nitrogen and oxygen atoms in total. The third kappa shape index (κ3) is 5.33. The van der Waals surface area contributed by atoms with Crippen LogP contribution in [0.1, 0.15) is 41.5 Å². The van der Waals surface area contributed by atoms with Gasteiger partial charge in [0.05, 0.1) is 18.2 Å². The fraction of sp³-hybridized carbons (Fsp3) is 0.188. The van der Waals surface area contributed by atoms with Gasteiger partial charge in [0.1, 0.15) is 17.1 Å². The van der Waals surface area contributed by atoms with Crippen LogP contribution in [0.2, 0.25) is 0 Å². The normalized spacial score (nSPS) is 11.2. The Kier molecular flexibility index (Phi) is 7.42. The predicted molar refractivity (Wildman–Crippen MR) is 152 cm³/mol. The number of ether oxygens (including phenoxy) is 2. The monoisotopic (exact) mass is 537 g/mol. The smallest absolute Gasteiger partial charge is 0.213 e. The van der Waals surface area contributed by atoms with Crippen LogP contribution in [0.25, 0.3) is 22.2 Å². The number of carbonyl (C=O) groups is 1. The first-order valence-electron chi connectivity index (χ1n) is 12.9. The summed E-state index contributed by atoms with van der Waals surface area (Å²) in [6.45, 7) is 5.80. The van der Waals surface area contributed by atoms with Gasteiger partial charge >= 0.3 is 0 Å². The Bertz CT molecular complexity index is 1760. The standard InChI is InChI=1S/C32H28FN3O4/c1-19(2)36-18-25(32(38)30(20(36)3)22-7-9-23(33)10-8-22)27(37)17-21-5-11-24(12-6-21)40-28-15-16-34-26-13-14-29(39-4)35-31(26)28/h5-16,18-19H,17H2,1-4H3. The topological polar surface area (TPSA) is 83.3 Å². The quantitative estimate of drug-likeness (QED) is 0.205. The molecule has 0 aliphatic rings. The Morgan fingerprint density at radius 1 is 1.00 bits per heavy atom. The molecule has 0 atom stereocenters. The van der Waals surface area contributed by atoms with Crippen molar-refractivity contribution >= 4 is 16.8 Å². The van der Waals surface area contributed by atoms with Crippen LogP contribution in [0.5, 0.6) is 17.4 Å². The number of pyridine rings is 3. The Morgan fingerprint density at radius 3 is 2.40 bits per heavy atom. The molecule has 0 spiro atoms. The van der Waals surface area contributed by atoms with Crippen molar-refractivity contribution in [1.82, 2.24) is 14.5 Å². The van der Waals surface area contributed by atoms with Gasteiger partial charge in [-0.05, 0) is 62.2 Å². The molecular formula is C32H28FN3O4. The summed E-state index contributed by atoms with van der Waals surface area (Å²) in [5.74, 6) is 0.847. The number of methoxy groups -OCH3 is 1. The lowest BCUT2D eigenvalue weighted by molar-refractivity contribution is 0.0991. The van der Waals surface area contributed by atoms with Crippen LogP contribution < -0.4 is 14.9 Å². The summed E-state index contributed by atoms with van der Waals surface area (Å²) in [6.07, 6.45) is 3.31. The van der Waals surface area contributed by atoms with Gasteiger partial charge in [0.15, 0.2) is 17.0 Å². The number of carbonyl (C=O) groups excluding carboxylic acids is 1. The number of fused-ring (bicyclic) bond motifs is 1. The molecule has 0 saturated heterocycles. The number of rotatable bonds is 8. The molecule has 3 heterocycles. The largest absolute Gasteiger partial charge is 0.481 e. The van der Waals surface area contributed by atoms with Crippen molar-refractivity contribution in [2.75, 3.05) is 7.11 Å². The maximum absolute atomic E-state index is 13.6. The summed E-state index contributed by atoms with van der Waals surface area (Å²) in [5.41, 5.74) is 3.41. The van der Waals surface area contributed by atoms with Gasteiger partial charge in [0.25, 0.3) is 0 Å². The van der Waals surface area contributed by atoms with Crippen molar-refractivity contribution in [1.29, 1.82) is 0 Å². The molecule has 0 fully saturated rings. The van der Waals surface area contributed by atoms with E-state index in [0.29, 0.717) is 39.5 Å².